The molecule has 0 bridgehead atoms. The molecule has 0 fully saturated rings. The van der Waals surface area contributed by atoms with Gasteiger partial charge in [0.2, 0.25) is 11.8 Å². The lowest BCUT2D eigenvalue weighted by atomic mass is 10.1. The molecule has 4 rings (SSSR count). The minimum atomic E-state index is -0.250. The summed E-state index contributed by atoms with van der Waals surface area (Å²) in [6.07, 6.45) is 2.06. The number of aromatic nitrogens is 2. The number of nitrogens with one attached hydrogen (secondary N) is 1. The molecule has 1 aromatic heterocycles. The average molecular weight is 481 g/mol. The molecule has 1 heterocycles. The maximum Gasteiger partial charge on any atom is 0.245 e. The van der Waals surface area contributed by atoms with Crippen LogP contribution in [-0.2, 0) is 16.0 Å². The first kappa shape index (κ1) is 24.9. The smallest absolute Gasteiger partial charge is 0.245 e. The van der Waals surface area contributed by atoms with Gasteiger partial charge in [0.05, 0.1) is 24.3 Å². The minimum absolute atomic E-state index is 0.00852. The van der Waals surface area contributed by atoms with Gasteiger partial charge in [-0.1, -0.05) is 91.7 Å². The summed E-state index contributed by atoms with van der Waals surface area (Å²) in [7, 11) is 0. The molecule has 0 saturated carbocycles. The molecule has 3 aromatic carbocycles. The molecular formula is C30H32N4O2. The highest BCUT2D eigenvalue weighted by molar-refractivity contribution is 5.95. The number of hydrogen-bond acceptors (Lipinski definition) is 3. The third-order valence-corrected chi connectivity index (χ3v) is 5.99. The van der Waals surface area contributed by atoms with Crippen LogP contribution in [0.15, 0.2) is 91.0 Å². The van der Waals surface area contributed by atoms with Gasteiger partial charge in [-0.15, -0.1) is 0 Å². The number of anilines is 1. The largest absolute Gasteiger partial charge is 0.333 e. The van der Waals surface area contributed by atoms with Crippen molar-refractivity contribution < 1.29 is 9.59 Å². The van der Waals surface area contributed by atoms with Gasteiger partial charge in [0, 0.05) is 18.2 Å². The number of hydrogen-bond donors (Lipinski definition) is 1. The number of rotatable bonds is 10. The van der Waals surface area contributed by atoms with E-state index in [0.29, 0.717) is 12.4 Å². The Morgan fingerprint density at radius 2 is 1.58 bits per heavy atom. The van der Waals surface area contributed by atoms with Crippen molar-refractivity contribution in [1.29, 1.82) is 0 Å². The lowest BCUT2D eigenvalue weighted by Gasteiger charge is -2.22. The Bertz CT molecular complexity index is 1280. The molecule has 0 spiro atoms. The Morgan fingerprint density at radius 1 is 0.917 bits per heavy atom. The fourth-order valence-electron chi connectivity index (χ4n) is 3.98. The highest BCUT2D eigenvalue weighted by atomic mass is 16.2. The molecule has 0 aliphatic rings. The predicted octanol–water partition coefficient (Wildman–Crippen LogP) is 5.66. The minimum Gasteiger partial charge on any atom is -0.333 e. The molecule has 0 saturated heterocycles. The maximum absolute atomic E-state index is 13.2. The summed E-state index contributed by atoms with van der Waals surface area (Å²) in [6.45, 7) is 4.64. The number of carbonyl (C=O) groups excluding carboxylic acids is 2. The third-order valence-electron chi connectivity index (χ3n) is 5.99. The molecule has 0 radical (unpaired) electrons. The van der Waals surface area contributed by atoms with E-state index in [1.165, 1.54) is 0 Å². The number of aryl methyl sites for hydroxylation is 1. The van der Waals surface area contributed by atoms with Crippen LogP contribution < -0.4 is 5.32 Å². The third kappa shape index (κ3) is 6.48. The van der Waals surface area contributed by atoms with Crippen LogP contribution in [0.1, 0.15) is 30.9 Å². The first-order valence-electron chi connectivity index (χ1n) is 12.4. The Morgan fingerprint density at radius 3 is 2.25 bits per heavy atom. The first-order valence-corrected chi connectivity index (χ1v) is 12.4. The zero-order valence-electron chi connectivity index (χ0n) is 20.9. The van der Waals surface area contributed by atoms with Crippen molar-refractivity contribution in [2.75, 3.05) is 18.4 Å². The average Bonchev–Trinajstić information content (AvgIpc) is 3.31. The van der Waals surface area contributed by atoms with E-state index in [1.54, 1.807) is 9.58 Å². The van der Waals surface area contributed by atoms with E-state index in [4.69, 9.17) is 5.10 Å². The summed E-state index contributed by atoms with van der Waals surface area (Å²) in [5, 5.41) is 7.78. The molecule has 2 amide bonds. The summed E-state index contributed by atoms with van der Waals surface area (Å²) in [5.41, 5.74) is 4.65. The summed E-state index contributed by atoms with van der Waals surface area (Å²) in [6, 6.07) is 29.3. The summed E-state index contributed by atoms with van der Waals surface area (Å²) < 4.78 is 1.74. The van der Waals surface area contributed by atoms with Crippen molar-refractivity contribution in [3.05, 3.63) is 102 Å². The fraction of sp³-hybridized carbons (Fsp3) is 0.233. The van der Waals surface area contributed by atoms with Crippen molar-refractivity contribution in [1.82, 2.24) is 14.7 Å². The van der Waals surface area contributed by atoms with Gasteiger partial charge >= 0.3 is 0 Å². The molecule has 1 N–H and O–H groups in total. The highest BCUT2D eigenvalue weighted by Crippen LogP contribution is 2.25. The molecule has 36 heavy (non-hydrogen) atoms. The van der Waals surface area contributed by atoms with E-state index in [9.17, 15) is 9.59 Å². The van der Waals surface area contributed by atoms with Gasteiger partial charge in [-0.2, -0.15) is 5.10 Å². The van der Waals surface area contributed by atoms with E-state index in [0.717, 1.165) is 40.9 Å². The zero-order chi connectivity index (χ0) is 25.3. The lowest BCUT2D eigenvalue weighted by molar-refractivity contribution is -0.134. The molecule has 6 nitrogen and oxygen atoms in total. The Labute approximate surface area is 212 Å². The normalized spacial score (nSPS) is 10.7. The van der Waals surface area contributed by atoms with Crippen molar-refractivity contribution in [3.8, 4) is 16.9 Å². The molecule has 0 aliphatic carbocycles. The first-order chi connectivity index (χ1) is 17.5. The van der Waals surface area contributed by atoms with E-state index in [1.807, 2.05) is 97.9 Å². The summed E-state index contributed by atoms with van der Waals surface area (Å²) in [5.74, 6) is 0.260. The molecule has 184 valence electrons. The maximum atomic E-state index is 13.2. The second-order valence-electron chi connectivity index (χ2n) is 8.91. The number of unbranched alkanes of at least 4 members (excludes halogenated alkanes) is 1. The van der Waals surface area contributed by atoms with Crippen molar-refractivity contribution in [2.45, 2.75) is 33.1 Å². The van der Waals surface area contributed by atoms with E-state index >= 15 is 0 Å². The number of carbonyl (C=O) groups is 2. The molecule has 6 heteroatoms. The van der Waals surface area contributed by atoms with E-state index in [-0.39, 0.29) is 24.8 Å². The molecule has 4 aromatic rings. The molecule has 0 atom stereocenters. The van der Waals surface area contributed by atoms with Crippen LogP contribution in [0.25, 0.3) is 16.9 Å². The Hall–Kier alpha value is -4.19. The molecule has 0 aliphatic heterocycles. The quantitative estimate of drug-likeness (QED) is 0.319. The monoisotopic (exact) mass is 480 g/mol. The second kappa shape index (κ2) is 12.0. The SMILES string of the molecule is CCCCN(CC(=O)Nc1cc(-c2ccccc2)nn1-c1ccc(C)cc1)C(=O)Cc1ccccc1. The second-order valence-corrected chi connectivity index (χ2v) is 8.91. The zero-order valence-corrected chi connectivity index (χ0v) is 20.9. The van der Waals surface area contributed by atoms with Crippen LogP contribution in [-0.4, -0.2) is 39.6 Å². The Balaban J connectivity index is 1.55. The van der Waals surface area contributed by atoms with Crippen LogP contribution >= 0.6 is 0 Å². The van der Waals surface area contributed by atoms with Crippen molar-refractivity contribution in [2.24, 2.45) is 0 Å². The fourth-order valence-corrected chi connectivity index (χ4v) is 3.98. The Kier molecular flexibility index (Phi) is 8.29. The van der Waals surface area contributed by atoms with E-state index in [2.05, 4.69) is 12.2 Å². The van der Waals surface area contributed by atoms with Crippen LogP contribution in [0.5, 0.6) is 0 Å². The summed E-state index contributed by atoms with van der Waals surface area (Å²) in [4.78, 5) is 27.9. The standard InChI is InChI=1S/C30H32N4O2/c1-3-4-19-33(30(36)20-24-11-7-5-8-12-24)22-29(35)31-28-21-27(25-13-9-6-10-14-25)32-34(28)26-17-15-23(2)16-18-26/h5-18,21H,3-4,19-20,22H2,1-2H3,(H,31,35). The van der Waals surface area contributed by atoms with Crippen LogP contribution in [0.4, 0.5) is 5.82 Å². The van der Waals surface area contributed by atoms with Crippen LogP contribution in [0.2, 0.25) is 0 Å². The molecule has 0 unspecified atom stereocenters. The van der Waals surface area contributed by atoms with Crippen molar-refractivity contribution in [3.63, 3.8) is 0 Å². The van der Waals surface area contributed by atoms with Gasteiger partial charge in [0.25, 0.3) is 0 Å². The summed E-state index contributed by atoms with van der Waals surface area (Å²) >= 11 is 0. The van der Waals surface area contributed by atoms with E-state index < -0.39 is 0 Å². The van der Waals surface area contributed by atoms with Crippen LogP contribution in [0.3, 0.4) is 0 Å². The molecular weight excluding hydrogens is 448 g/mol. The number of amides is 2. The lowest BCUT2D eigenvalue weighted by Crippen LogP contribution is -2.39. The van der Waals surface area contributed by atoms with Gasteiger partial charge in [-0.05, 0) is 31.0 Å². The predicted molar refractivity (Wildman–Crippen MR) is 144 cm³/mol. The number of nitrogens with zero attached hydrogens (tertiary/aromatic N) is 3. The highest BCUT2D eigenvalue weighted by Gasteiger charge is 2.19. The van der Waals surface area contributed by atoms with Crippen LogP contribution in [0, 0.1) is 6.92 Å². The van der Waals surface area contributed by atoms with Gasteiger partial charge in [-0.3, -0.25) is 9.59 Å². The van der Waals surface area contributed by atoms with Gasteiger partial charge in [-0.25, -0.2) is 4.68 Å². The topological polar surface area (TPSA) is 67.2 Å². The number of benzene rings is 3. The van der Waals surface area contributed by atoms with Crippen molar-refractivity contribution >= 4 is 17.6 Å². The van der Waals surface area contributed by atoms with Gasteiger partial charge in [0.1, 0.15) is 5.82 Å². The van der Waals surface area contributed by atoms with Gasteiger partial charge in [0.15, 0.2) is 0 Å². The van der Waals surface area contributed by atoms with Gasteiger partial charge < -0.3 is 10.2 Å².